The number of aryl methyl sites for hydroxylation is 3. The molecule has 0 saturated heterocycles. The second kappa shape index (κ2) is 6.88. The first-order valence-corrected chi connectivity index (χ1v) is 7.82. The van der Waals surface area contributed by atoms with Crippen LogP contribution in [0.15, 0.2) is 35.7 Å². The Bertz CT molecular complexity index is 482. The van der Waals surface area contributed by atoms with Crippen molar-refractivity contribution < 1.29 is 0 Å². The van der Waals surface area contributed by atoms with Gasteiger partial charge in [-0.05, 0) is 57.2 Å². The monoisotopic (exact) mass is 273 g/mol. The third-order valence-electron chi connectivity index (χ3n) is 3.49. The molecule has 0 saturated carbocycles. The summed E-state index contributed by atoms with van der Waals surface area (Å²) in [5.41, 5.74) is 4.18. The fourth-order valence-electron chi connectivity index (χ4n) is 2.59. The molecule has 1 unspecified atom stereocenters. The number of benzene rings is 1. The molecule has 1 N–H and O–H groups in total. The van der Waals surface area contributed by atoms with Crippen molar-refractivity contribution in [3.05, 3.63) is 57.3 Å². The Morgan fingerprint density at radius 2 is 1.89 bits per heavy atom. The van der Waals surface area contributed by atoms with E-state index in [4.69, 9.17) is 0 Å². The standard InChI is InChI=1S/C17H23NS/c1-13-9-14(2)11-15(10-13)12-16(18-3)6-7-17-5-4-8-19-17/h4-5,8-11,16,18H,6-7,12H2,1-3H3. The van der Waals surface area contributed by atoms with Gasteiger partial charge in [0.25, 0.3) is 0 Å². The Balaban J connectivity index is 1.94. The van der Waals surface area contributed by atoms with Crippen molar-refractivity contribution in [2.24, 2.45) is 0 Å². The molecule has 1 atom stereocenters. The Morgan fingerprint density at radius 3 is 2.47 bits per heavy atom. The molecule has 1 nitrogen and oxygen atoms in total. The molecule has 0 aliphatic rings. The molecular formula is C17H23NS. The number of hydrogen-bond donors (Lipinski definition) is 1. The number of rotatable bonds is 6. The maximum atomic E-state index is 3.46. The van der Waals surface area contributed by atoms with E-state index in [9.17, 15) is 0 Å². The molecule has 1 aromatic heterocycles. The number of likely N-dealkylation sites (N-methyl/N-ethyl adjacent to an activating group) is 1. The highest BCUT2D eigenvalue weighted by Crippen LogP contribution is 2.15. The number of hydrogen-bond acceptors (Lipinski definition) is 2. The first kappa shape index (κ1) is 14.3. The van der Waals surface area contributed by atoms with Crippen molar-refractivity contribution in [3.8, 4) is 0 Å². The summed E-state index contributed by atoms with van der Waals surface area (Å²) in [6, 6.07) is 11.8. The fourth-order valence-corrected chi connectivity index (χ4v) is 3.32. The quantitative estimate of drug-likeness (QED) is 0.834. The third kappa shape index (κ3) is 4.48. The van der Waals surface area contributed by atoms with E-state index in [0.29, 0.717) is 6.04 Å². The molecule has 0 amide bonds. The van der Waals surface area contributed by atoms with E-state index in [-0.39, 0.29) is 0 Å². The van der Waals surface area contributed by atoms with Gasteiger partial charge in [0.05, 0.1) is 0 Å². The second-order valence-corrected chi connectivity index (χ2v) is 6.34. The van der Waals surface area contributed by atoms with Gasteiger partial charge in [-0.15, -0.1) is 11.3 Å². The van der Waals surface area contributed by atoms with Crippen molar-refractivity contribution in [3.63, 3.8) is 0 Å². The van der Waals surface area contributed by atoms with Crippen LogP contribution in [0.5, 0.6) is 0 Å². The lowest BCUT2D eigenvalue weighted by atomic mass is 9.98. The molecule has 0 aliphatic heterocycles. The van der Waals surface area contributed by atoms with Gasteiger partial charge >= 0.3 is 0 Å². The zero-order valence-corrected chi connectivity index (χ0v) is 12.9. The van der Waals surface area contributed by atoms with Crippen LogP contribution in [0.2, 0.25) is 0 Å². The van der Waals surface area contributed by atoms with Gasteiger partial charge in [-0.25, -0.2) is 0 Å². The molecule has 1 aromatic carbocycles. The van der Waals surface area contributed by atoms with Gasteiger partial charge in [-0.3, -0.25) is 0 Å². The van der Waals surface area contributed by atoms with Crippen molar-refractivity contribution in [2.45, 2.75) is 39.2 Å². The second-order valence-electron chi connectivity index (χ2n) is 5.30. The Hall–Kier alpha value is -1.12. The lowest BCUT2D eigenvalue weighted by Gasteiger charge is -2.16. The molecule has 0 bridgehead atoms. The largest absolute Gasteiger partial charge is 0.317 e. The minimum atomic E-state index is 0.559. The maximum Gasteiger partial charge on any atom is 0.0108 e. The van der Waals surface area contributed by atoms with Crippen LogP contribution in [0.25, 0.3) is 0 Å². The Kier molecular flexibility index (Phi) is 5.17. The summed E-state index contributed by atoms with van der Waals surface area (Å²) in [5, 5.41) is 5.62. The summed E-state index contributed by atoms with van der Waals surface area (Å²) in [6.45, 7) is 4.35. The van der Waals surface area contributed by atoms with Gasteiger partial charge in [-0.1, -0.05) is 35.4 Å². The van der Waals surface area contributed by atoms with Gasteiger partial charge in [-0.2, -0.15) is 0 Å². The zero-order valence-electron chi connectivity index (χ0n) is 12.1. The summed E-state index contributed by atoms with van der Waals surface area (Å²) in [5.74, 6) is 0. The predicted molar refractivity (Wildman–Crippen MR) is 85.1 cm³/mol. The molecule has 19 heavy (non-hydrogen) atoms. The van der Waals surface area contributed by atoms with Gasteiger partial charge in [0.1, 0.15) is 0 Å². The Morgan fingerprint density at radius 1 is 1.16 bits per heavy atom. The van der Waals surface area contributed by atoms with E-state index >= 15 is 0 Å². The number of nitrogens with one attached hydrogen (secondary N) is 1. The van der Waals surface area contributed by atoms with Crippen molar-refractivity contribution >= 4 is 11.3 Å². The highest BCUT2D eigenvalue weighted by molar-refractivity contribution is 7.09. The first-order chi connectivity index (χ1) is 9.17. The SMILES string of the molecule is CNC(CCc1cccs1)Cc1cc(C)cc(C)c1. The van der Waals surface area contributed by atoms with Crippen LogP contribution in [0, 0.1) is 13.8 Å². The molecule has 2 rings (SSSR count). The summed E-state index contributed by atoms with van der Waals surface area (Å²) in [4.78, 5) is 1.49. The normalized spacial score (nSPS) is 12.6. The third-order valence-corrected chi connectivity index (χ3v) is 4.43. The minimum absolute atomic E-state index is 0.559. The average molecular weight is 273 g/mol. The smallest absolute Gasteiger partial charge is 0.0108 e. The van der Waals surface area contributed by atoms with Crippen molar-refractivity contribution in [2.75, 3.05) is 7.05 Å². The topological polar surface area (TPSA) is 12.0 Å². The maximum absolute atomic E-state index is 3.46. The predicted octanol–water partition coefficient (Wildman–Crippen LogP) is 4.13. The van der Waals surface area contributed by atoms with Gasteiger partial charge in [0.2, 0.25) is 0 Å². The zero-order chi connectivity index (χ0) is 13.7. The van der Waals surface area contributed by atoms with Crippen molar-refractivity contribution in [1.29, 1.82) is 0 Å². The molecule has 0 aliphatic carbocycles. The fraction of sp³-hybridized carbons (Fsp3) is 0.412. The van der Waals surface area contributed by atoms with Crippen LogP contribution < -0.4 is 5.32 Å². The lowest BCUT2D eigenvalue weighted by Crippen LogP contribution is -2.28. The van der Waals surface area contributed by atoms with E-state index in [1.165, 1.54) is 34.4 Å². The van der Waals surface area contributed by atoms with E-state index in [1.54, 1.807) is 0 Å². The van der Waals surface area contributed by atoms with Crippen LogP contribution in [0.4, 0.5) is 0 Å². The van der Waals surface area contributed by atoms with Crippen LogP contribution in [-0.4, -0.2) is 13.1 Å². The Labute approximate surface area is 120 Å². The summed E-state index contributed by atoms with van der Waals surface area (Å²) < 4.78 is 0. The van der Waals surface area contributed by atoms with Crippen LogP contribution in [0.3, 0.4) is 0 Å². The van der Waals surface area contributed by atoms with Crippen molar-refractivity contribution in [1.82, 2.24) is 5.32 Å². The first-order valence-electron chi connectivity index (χ1n) is 6.94. The molecule has 2 heteroatoms. The molecule has 102 valence electrons. The minimum Gasteiger partial charge on any atom is -0.317 e. The molecule has 2 aromatic rings. The summed E-state index contributed by atoms with van der Waals surface area (Å²) >= 11 is 1.86. The molecule has 1 heterocycles. The highest BCUT2D eigenvalue weighted by atomic mass is 32.1. The molecule has 0 spiro atoms. The number of thiophene rings is 1. The van der Waals surface area contributed by atoms with E-state index in [1.807, 2.05) is 11.3 Å². The summed E-state index contributed by atoms with van der Waals surface area (Å²) in [7, 11) is 2.07. The lowest BCUT2D eigenvalue weighted by molar-refractivity contribution is 0.521. The average Bonchev–Trinajstić information content (AvgIpc) is 2.86. The molecular weight excluding hydrogens is 250 g/mol. The highest BCUT2D eigenvalue weighted by Gasteiger charge is 2.08. The van der Waals surface area contributed by atoms with Gasteiger partial charge in [0, 0.05) is 10.9 Å². The summed E-state index contributed by atoms with van der Waals surface area (Å²) in [6.07, 6.45) is 3.49. The molecule has 0 fully saturated rings. The van der Waals surface area contributed by atoms with Crippen LogP contribution in [-0.2, 0) is 12.8 Å². The van der Waals surface area contributed by atoms with E-state index < -0.39 is 0 Å². The van der Waals surface area contributed by atoms with E-state index in [2.05, 4.69) is 61.9 Å². The van der Waals surface area contributed by atoms with Gasteiger partial charge < -0.3 is 5.32 Å². The van der Waals surface area contributed by atoms with Crippen LogP contribution >= 0.6 is 11.3 Å². The molecule has 0 radical (unpaired) electrons. The van der Waals surface area contributed by atoms with E-state index in [0.717, 1.165) is 6.42 Å². The van der Waals surface area contributed by atoms with Gasteiger partial charge in [0.15, 0.2) is 0 Å². The van der Waals surface area contributed by atoms with Crippen LogP contribution in [0.1, 0.15) is 28.0 Å².